The Morgan fingerprint density at radius 2 is 1.75 bits per heavy atom. The molecule has 2 heterocycles. The third kappa shape index (κ3) is 2.51. The van der Waals surface area contributed by atoms with Gasteiger partial charge in [0.25, 0.3) is 0 Å². The summed E-state index contributed by atoms with van der Waals surface area (Å²) in [5.74, 6) is 1.21. The Hall–Kier alpha value is -2.69. The van der Waals surface area contributed by atoms with E-state index in [0.717, 1.165) is 35.2 Å². The van der Waals surface area contributed by atoms with Crippen LogP contribution >= 0.6 is 0 Å². The van der Waals surface area contributed by atoms with Crippen LogP contribution in [-0.4, -0.2) is 21.7 Å². The lowest BCUT2D eigenvalue weighted by Gasteiger charge is -2.08. The summed E-state index contributed by atoms with van der Waals surface area (Å²) in [6.07, 6.45) is 2.63. The van der Waals surface area contributed by atoms with Gasteiger partial charge in [-0.25, -0.2) is 0 Å². The molecular weight excluding hydrogens is 250 g/mol. The molecule has 3 N–H and O–H groups in total. The number of hydrogen-bond donors (Lipinski definition) is 2. The molecular formula is C15H15N5. The van der Waals surface area contributed by atoms with Crippen molar-refractivity contribution in [2.45, 2.75) is 6.42 Å². The number of fused-ring (bicyclic) bond motifs is 1. The van der Waals surface area contributed by atoms with Crippen molar-refractivity contribution in [3.63, 3.8) is 0 Å². The topological polar surface area (TPSA) is 76.7 Å². The summed E-state index contributed by atoms with van der Waals surface area (Å²) >= 11 is 0. The van der Waals surface area contributed by atoms with E-state index < -0.39 is 0 Å². The van der Waals surface area contributed by atoms with Crippen LogP contribution in [-0.2, 0) is 6.42 Å². The van der Waals surface area contributed by atoms with Crippen LogP contribution in [0.5, 0.6) is 0 Å². The number of hydrogen-bond acceptors (Lipinski definition) is 5. The summed E-state index contributed by atoms with van der Waals surface area (Å²) < 4.78 is 0. The standard InChI is InChI=1S/C15H15N5/c16-14-12-6-1-2-7-13(12)15(20-19-14)18-10-8-11-5-3-4-9-17-11/h1-7,9H,8,10H2,(H2,16,19)(H,18,20). The van der Waals surface area contributed by atoms with E-state index in [-0.39, 0.29) is 0 Å². The van der Waals surface area contributed by atoms with Crippen LogP contribution in [0.25, 0.3) is 10.8 Å². The van der Waals surface area contributed by atoms with Gasteiger partial charge in [-0.1, -0.05) is 30.3 Å². The van der Waals surface area contributed by atoms with Crippen LogP contribution < -0.4 is 11.1 Å². The van der Waals surface area contributed by atoms with Crippen molar-refractivity contribution in [2.75, 3.05) is 17.6 Å². The molecule has 0 aliphatic carbocycles. The molecule has 0 spiro atoms. The van der Waals surface area contributed by atoms with Gasteiger partial charge in [-0.3, -0.25) is 4.98 Å². The minimum Gasteiger partial charge on any atom is -0.382 e. The summed E-state index contributed by atoms with van der Waals surface area (Å²) in [6, 6.07) is 13.8. The lowest BCUT2D eigenvalue weighted by atomic mass is 10.1. The Morgan fingerprint density at radius 3 is 2.55 bits per heavy atom. The zero-order valence-electron chi connectivity index (χ0n) is 11.0. The molecule has 0 radical (unpaired) electrons. The van der Waals surface area contributed by atoms with Gasteiger partial charge >= 0.3 is 0 Å². The van der Waals surface area contributed by atoms with E-state index in [9.17, 15) is 0 Å². The summed E-state index contributed by atoms with van der Waals surface area (Å²) in [5, 5.41) is 13.3. The molecule has 5 heteroatoms. The Morgan fingerprint density at radius 1 is 0.950 bits per heavy atom. The molecule has 3 aromatic rings. The molecule has 0 unspecified atom stereocenters. The summed E-state index contributed by atoms with van der Waals surface area (Å²) in [4.78, 5) is 4.29. The minimum absolute atomic E-state index is 0.455. The molecule has 0 aliphatic heterocycles. The van der Waals surface area contributed by atoms with Gasteiger partial charge in [0.1, 0.15) is 0 Å². The van der Waals surface area contributed by atoms with Gasteiger partial charge in [0.15, 0.2) is 11.6 Å². The highest BCUT2D eigenvalue weighted by Crippen LogP contribution is 2.23. The molecule has 0 aliphatic rings. The lowest BCUT2D eigenvalue weighted by molar-refractivity contribution is 0.942. The van der Waals surface area contributed by atoms with Crippen molar-refractivity contribution >= 4 is 22.4 Å². The van der Waals surface area contributed by atoms with E-state index in [1.54, 1.807) is 6.20 Å². The molecule has 3 rings (SSSR count). The number of benzene rings is 1. The molecule has 1 aromatic carbocycles. The largest absolute Gasteiger partial charge is 0.382 e. The summed E-state index contributed by atoms with van der Waals surface area (Å²) in [7, 11) is 0. The summed E-state index contributed by atoms with van der Waals surface area (Å²) in [5.41, 5.74) is 6.88. The number of nitrogens with one attached hydrogen (secondary N) is 1. The highest BCUT2D eigenvalue weighted by molar-refractivity contribution is 5.97. The van der Waals surface area contributed by atoms with Gasteiger partial charge in [-0.05, 0) is 12.1 Å². The predicted octanol–water partition coefficient (Wildman–Crippen LogP) is 2.26. The van der Waals surface area contributed by atoms with Crippen LogP contribution in [0.3, 0.4) is 0 Å². The average Bonchev–Trinajstić information content (AvgIpc) is 2.51. The normalized spacial score (nSPS) is 10.6. The molecule has 0 bridgehead atoms. The van der Waals surface area contributed by atoms with Crippen LogP contribution in [0.1, 0.15) is 5.69 Å². The highest BCUT2D eigenvalue weighted by Gasteiger charge is 2.05. The fraction of sp³-hybridized carbons (Fsp3) is 0.133. The van der Waals surface area contributed by atoms with Crippen molar-refractivity contribution in [3.05, 3.63) is 54.4 Å². The van der Waals surface area contributed by atoms with E-state index in [1.807, 2.05) is 42.5 Å². The molecule has 0 fully saturated rings. The number of nitrogens with two attached hydrogens (primary N) is 1. The smallest absolute Gasteiger partial charge is 0.156 e. The first-order valence-electron chi connectivity index (χ1n) is 6.49. The number of rotatable bonds is 4. The highest BCUT2D eigenvalue weighted by atomic mass is 15.2. The van der Waals surface area contributed by atoms with E-state index in [0.29, 0.717) is 5.82 Å². The molecule has 0 amide bonds. The van der Waals surface area contributed by atoms with Crippen molar-refractivity contribution in [3.8, 4) is 0 Å². The van der Waals surface area contributed by atoms with Crippen LogP contribution in [0, 0.1) is 0 Å². The monoisotopic (exact) mass is 265 g/mol. The average molecular weight is 265 g/mol. The van der Waals surface area contributed by atoms with Gasteiger partial charge in [-0.2, -0.15) is 0 Å². The van der Waals surface area contributed by atoms with Crippen molar-refractivity contribution < 1.29 is 0 Å². The molecule has 2 aromatic heterocycles. The van der Waals surface area contributed by atoms with E-state index in [4.69, 9.17) is 5.73 Å². The molecule has 100 valence electrons. The van der Waals surface area contributed by atoms with Gasteiger partial charge in [0, 0.05) is 35.6 Å². The fourth-order valence-corrected chi connectivity index (χ4v) is 2.11. The number of aromatic nitrogens is 3. The zero-order chi connectivity index (χ0) is 13.8. The lowest BCUT2D eigenvalue weighted by Crippen LogP contribution is -2.09. The van der Waals surface area contributed by atoms with Gasteiger partial charge < -0.3 is 11.1 Å². The van der Waals surface area contributed by atoms with E-state index in [2.05, 4.69) is 20.5 Å². The zero-order valence-corrected chi connectivity index (χ0v) is 11.0. The first-order chi connectivity index (χ1) is 9.84. The SMILES string of the molecule is Nc1nnc(NCCc2ccccn2)c2ccccc12. The van der Waals surface area contributed by atoms with Gasteiger partial charge in [0.05, 0.1) is 0 Å². The van der Waals surface area contributed by atoms with Crippen LogP contribution in [0.4, 0.5) is 11.6 Å². The third-order valence-electron chi connectivity index (χ3n) is 3.12. The first-order valence-corrected chi connectivity index (χ1v) is 6.49. The van der Waals surface area contributed by atoms with Gasteiger partial charge in [0.2, 0.25) is 0 Å². The van der Waals surface area contributed by atoms with Crippen molar-refractivity contribution in [2.24, 2.45) is 0 Å². The number of nitrogens with zero attached hydrogens (tertiary/aromatic N) is 3. The van der Waals surface area contributed by atoms with Gasteiger partial charge in [-0.15, -0.1) is 10.2 Å². The van der Waals surface area contributed by atoms with Crippen LogP contribution in [0.15, 0.2) is 48.7 Å². The second-order valence-corrected chi connectivity index (χ2v) is 4.48. The second-order valence-electron chi connectivity index (χ2n) is 4.48. The molecule has 0 saturated carbocycles. The van der Waals surface area contributed by atoms with E-state index in [1.165, 1.54) is 0 Å². The molecule has 0 atom stereocenters. The Balaban J connectivity index is 1.77. The maximum Gasteiger partial charge on any atom is 0.156 e. The molecule has 20 heavy (non-hydrogen) atoms. The van der Waals surface area contributed by atoms with Crippen LogP contribution in [0.2, 0.25) is 0 Å². The second kappa shape index (κ2) is 5.52. The Kier molecular flexibility index (Phi) is 3.41. The maximum atomic E-state index is 5.83. The Bertz CT molecular complexity index is 712. The fourth-order valence-electron chi connectivity index (χ4n) is 2.11. The minimum atomic E-state index is 0.455. The predicted molar refractivity (Wildman–Crippen MR) is 80.4 cm³/mol. The molecule has 0 saturated heterocycles. The molecule has 5 nitrogen and oxygen atoms in total. The quantitative estimate of drug-likeness (QED) is 0.756. The number of pyridine rings is 1. The van der Waals surface area contributed by atoms with Crippen molar-refractivity contribution in [1.29, 1.82) is 0 Å². The van der Waals surface area contributed by atoms with E-state index >= 15 is 0 Å². The Labute approximate surface area is 116 Å². The third-order valence-corrected chi connectivity index (χ3v) is 3.12. The summed E-state index contributed by atoms with van der Waals surface area (Å²) in [6.45, 7) is 0.750. The number of nitrogen functional groups attached to an aromatic ring is 1. The maximum absolute atomic E-state index is 5.83. The number of anilines is 2. The first kappa shape index (κ1) is 12.3. The van der Waals surface area contributed by atoms with Crippen molar-refractivity contribution in [1.82, 2.24) is 15.2 Å².